The molecule has 0 saturated carbocycles. The smallest absolute Gasteiger partial charge is 0.240 e. The Bertz CT molecular complexity index is 512. The molecule has 0 aliphatic rings. The summed E-state index contributed by atoms with van der Waals surface area (Å²) in [7, 11) is 0.434. The van der Waals surface area contributed by atoms with Gasteiger partial charge in [-0.2, -0.15) is 0 Å². The van der Waals surface area contributed by atoms with E-state index in [-0.39, 0.29) is 6.04 Å². The van der Waals surface area contributed by atoms with E-state index in [2.05, 4.69) is 17.0 Å². The first-order valence-electron chi connectivity index (χ1n) is 7.32. The molecule has 1 unspecified atom stereocenters. The van der Waals surface area contributed by atoms with Crippen LogP contribution in [0.4, 0.5) is 0 Å². The molecule has 0 heterocycles. The molecule has 0 aliphatic heterocycles. The van der Waals surface area contributed by atoms with Crippen molar-refractivity contribution in [3.8, 4) is 0 Å². The predicted octanol–water partition coefficient (Wildman–Crippen LogP) is 1.07. The maximum atomic E-state index is 12.2. The summed E-state index contributed by atoms with van der Waals surface area (Å²) in [5, 5.41) is 3.25. The third-order valence-corrected chi connectivity index (χ3v) is 4.96. The van der Waals surface area contributed by atoms with Gasteiger partial charge >= 0.3 is 0 Å². The molecule has 0 amide bonds. The van der Waals surface area contributed by atoms with Crippen LogP contribution >= 0.6 is 0 Å². The summed E-state index contributed by atoms with van der Waals surface area (Å²) in [6.45, 7) is 6.29. The number of nitrogens with one attached hydrogen (secondary N) is 2. The van der Waals surface area contributed by atoms with E-state index in [0.29, 0.717) is 11.4 Å². The number of hydrogen-bond donors (Lipinski definition) is 2. The van der Waals surface area contributed by atoms with Gasteiger partial charge in [0.05, 0.1) is 4.90 Å². The zero-order valence-electron chi connectivity index (χ0n) is 13.4. The molecule has 2 N–H and O–H groups in total. The average molecular weight is 313 g/mol. The highest BCUT2D eigenvalue weighted by Crippen LogP contribution is 2.11. The molecular weight excluding hydrogens is 286 g/mol. The first-order valence-corrected chi connectivity index (χ1v) is 8.81. The molecule has 1 atom stereocenters. The molecule has 6 heteroatoms. The molecule has 1 aromatic rings. The molecular formula is C15H27N3O2S. The van der Waals surface area contributed by atoms with Gasteiger partial charge in [-0.25, -0.2) is 13.1 Å². The van der Waals surface area contributed by atoms with Crippen molar-refractivity contribution in [2.45, 2.75) is 31.2 Å². The molecule has 0 fully saturated rings. The van der Waals surface area contributed by atoms with Crippen molar-refractivity contribution in [1.82, 2.24) is 14.9 Å². The maximum absolute atomic E-state index is 12.2. The molecule has 0 radical (unpaired) electrons. The van der Waals surface area contributed by atoms with E-state index in [4.69, 9.17) is 0 Å². The van der Waals surface area contributed by atoms with E-state index >= 15 is 0 Å². The number of rotatable bonds is 9. The number of likely N-dealkylation sites (N-methyl/N-ethyl adjacent to an activating group) is 2. The first-order chi connectivity index (χ1) is 9.86. The third-order valence-electron chi connectivity index (χ3n) is 3.52. The summed E-state index contributed by atoms with van der Waals surface area (Å²) in [5.41, 5.74) is 1.14. The fraction of sp³-hybridized carbons (Fsp3) is 0.600. The van der Waals surface area contributed by atoms with Gasteiger partial charge in [-0.15, -0.1) is 0 Å². The van der Waals surface area contributed by atoms with Crippen LogP contribution < -0.4 is 10.0 Å². The lowest BCUT2D eigenvalue weighted by molar-refractivity contribution is 0.314. The van der Waals surface area contributed by atoms with E-state index in [9.17, 15) is 8.42 Å². The second-order valence-electron chi connectivity index (χ2n) is 5.41. The van der Waals surface area contributed by atoms with Gasteiger partial charge in [0.2, 0.25) is 10.0 Å². The normalized spacial score (nSPS) is 13.6. The second-order valence-corrected chi connectivity index (χ2v) is 7.18. The lowest BCUT2D eigenvalue weighted by atomic mass is 10.1. The minimum absolute atomic E-state index is 0.152. The second kappa shape index (κ2) is 8.48. The van der Waals surface area contributed by atoms with Gasteiger partial charge in [-0.3, -0.25) is 0 Å². The summed E-state index contributed by atoms with van der Waals surface area (Å²) in [5.74, 6) is 0. The zero-order valence-corrected chi connectivity index (χ0v) is 14.2. The molecule has 0 aliphatic carbocycles. The Morgan fingerprint density at radius 1 is 1.19 bits per heavy atom. The third kappa shape index (κ3) is 6.13. The predicted molar refractivity (Wildman–Crippen MR) is 87.0 cm³/mol. The summed E-state index contributed by atoms with van der Waals surface area (Å²) in [6.07, 6.45) is 0.902. The standard InChI is InChI=1S/C15H27N3O2S/c1-5-16-11-10-14-6-8-15(9-7-14)21(19,20)17-12-13(2)18(3)4/h6-9,13,16-17H,5,10-12H2,1-4H3. The number of benzene rings is 1. The van der Waals surface area contributed by atoms with Crippen molar-refractivity contribution in [3.63, 3.8) is 0 Å². The Balaban J connectivity index is 2.62. The minimum atomic E-state index is -3.42. The fourth-order valence-corrected chi connectivity index (χ4v) is 2.86. The van der Waals surface area contributed by atoms with Crippen molar-refractivity contribution < 1.29 is 8.42 Å². The highest BCUT2D eigenvalue weighted by atomic mass is 32.2. The molecule has 21 heavy (non-hydrogen) atoms. The largest absolute Gasteiger partial charge is 0.317 e. The SMILES string of the molecule is CCNCCc1ccc(S(=O)(=O)NCC(C)N(C)C)cc1. The maximum Gasteiger partial charge on any atom is 0.240 e. The van der Waals surface area contributed by atoms with Gasteiger partial charge in [0.1, 0.15) is 0 Å². The van der Waals surface area contributed by atoms with Crippen LogP contribution in [0, 0.1) is 0 Å². The molecule has 0 bridgehead atoms. The van der Waals surface area contributed by atoms with E-state index in [1.165, 1.54) is 0 Å². The Hall–Kier alpha value is -0.950. The van der Waals surface area contributed by atoms with E-state index < -0.39 is 10.0 Å². The van der Waals surface area contributed by atoms with Crippen LogP contribution in [0.3, 0.4) is 0 Å². The Morgan fingerprint density at radius 2 is 1.81 bits per heavy atom. The van der Waals surface area contributed by atoms with Crippen LogP contribution in [0.1, 0.15) is 19.4 Å². The lowest BCUT2D eigenvalue weighted by Gasteiger charge is -2.20. The molecule has 120 valence electrons. The highest BCUT2D eigenvalue weighted by Gasteiger charge is 2.15. The summed E-state index contributed by atoms with van der Waals surface area (Å²) < 4.78 is 27.0. The van der Waals surface area contributed by atoms with E-state index in [1.54, 1.807) is 12.1 Å². The first kappa shape index (κ1) is 18.1. The Morgan fingerprint density at radius 3 is 2.33 bits per heavy atom. The van der Waals surface area contributed by atoms with Crippen LogP contribution in [0.15, 0.2) is 29.2 Å². The molecule has 1 aromatic carbocycles. The molecule has 0 saturated heterocycles. The summed E-state index contributed by atoms with van der Waals surface area (Å²) in [4.78, 5) is 2.30. The van der Waals surface area contributed by atoms with Crippen LogP contribution in [-0.2, 0) is 16.4 Å². The van der Waals surface area contributed by atoms with Crippen LogP contribution in [0.25, 0.3) is 0 Å². The van der Waals surface area contributed by atoms with E-state index in [1.807, 2.05) is 38.1 Å². The van der Waals surface area contributed by atoms with E-state index in [0.717, 1.165) is 25.1 Å². The summed E-state index contributed by atoms with van der Waals surface area (Å²) in [6, 6.07) is 7.25. The van der Waals surface area contributed by atoms with Gasteiger partial charge in [-0.05, 0) is 58.2 Å². The molecule has 0 aromatic heterocycles. The van der Waals surface area contributed by atoms with Crippen LogP contribution in [-0.4, -0.2) is 53.1 Å². The number of hydrogen-bond acceptors (Lipinski definition) is 4. The van der Waals surface area contributed by atoms with Crippen molar-refractivity contribution in [1.29, 1.82) is 0 Å². The van der Waals surface area contributed by atoms with Gasteiger partial charge in [0.25, 0.3) is 0 Å². The van der Waals surface area contributed by atoms with Crippen molar-refractivity contribution >= 4 is 10.0 Å². The zero-order chi connectivity index (χ0) is 15.9. The quantitative estimate of drug-likeness (QED) is 0.670. The monoisotopic (exact) mass is 313 g/mol. The van der Waals surface area contributed by atoms with Crippen molar-refractivity contribution in [2.75, 3.05) is 33.7 Å². The van der Waals surface area contributed by atoms with Gasteiger partial charge < -0.3 is 10.2 Å². The van der Waals surface area contributed by atoms with Crippen molar-refractivity contribution in [2.24, 2.45) is 0 Å². The summed E-state index contributed by atoms with van der Waals surface area (Å²) >= 11 is 0. The Labute approximate surface area is 128 Å². The van der Waals surface area contributed by atoms with Crippen molar-refractivity contribution in [3.05, 3.63) is 29.8 Å². The topological polar surface area (TPSA) is 61.4 Å². The number of sulfonamides is 1. The lowest BCUT2D eigenvalue weighted by Crippen LogP contribution is -2.38. The minimum Gasteiger partial charge on any atom is -0.317 e. The van der Waals surface area contributed by atoms with Crippen LogP contribution in [0.5, 0.6) is 0 Å². The molecule has 0 spiro atoms. The highest BCUT2D eigenvalue weighted by molar-refractivity contribution is 7.89. The fourth-order valence-electron chi connectivity index (χ4n) is 1.74. The van der Waals surface area contributed by atoms with Gasteiger partial charge in [-0.1, -0.05) is 19.1 Å². The average Bonchev–Trinajstić information content (AvgIpc) is 2.45. The van der Waals surface area contributed by atoms with Crippen LogP contribution in [0.2, 0.25) is 0 Å². The van der Waals surface area contributed by atoms with Gasteiger partial charge in [0.15, 0.2) is 0 Å². The Kier molecular flexibility index (Phi) is 7.31. The molecule has 1 rings (SSSR count). The number of nitrogens with zero attached hydrogens (tertiary/aromatic N) is 1. The van der Waals surface area contributed by atoms with Gasteiger partial charge in [0, 0.05) is 12.6 Å². The molecule has 5 nitrogen and oxygen atoms in total.